The summed E-state index contributed by atoms with van der Waals surface area (Å²) in [5.74, 6) is 0.707. The maximum Gasteiger partial charge on any atom is 0.514 e. The summed E-state index contributed by atoms with van der Waals surface area (Å²) in [6.07, 6.45) is 0.117. The lowest BCUT2D eigenvalue weighted by Crippen LogP contribution is -2.27. The van der Waals surface area contributed by atoms with Gasteiger partial charge in [-0.3, -0.25) is 15.4 Å². The number of nitro benzene ring substituents is 1. The number of benzene rings is 2. The highest BCUT2D eigenvalue weighted by atomic mass is 16.7. The van der Waals surface area contributed by atoms with Gasteiger partial charge in [-0.25, -0.2) is 14.3 Å². The van der Waals surface area contributed by atoms with Gasteiger partial charge in [0.05, 0.1) is 16.2 Å². The van der Waals surface area contributed by atoms with Crippen molar-refractivity contribution in [3.8, 4) is 5.75 Å². The number of hydrogen-bond acceptors (Lipinski definition) is 8. The number of hydrogen-bond donors (Lipinski definition) is 1. The van der Waals surface area contributed by atoms with Gasteiger partial charge in [0.1, 0.15) is 24.3 Å². The van der Waals surface area contributed by atoms with Gasteiger partial charge in [0.15, 0.2) is 0 Å². The summed E-state index contributed by atoms with van der Waals surface area (Å²) in [5.41, 5.74) is 1.17. The Hall–Kier alpha value is -4.41. The van der Waals surface area contributed by atoms with Crippen molar-refractivity contribution in [2.45, 2.75) is 64.2 Å². The molecule has 1 N–H and O–H groups in total. The molecule has 1 fully saturated rings. The minimum Gasteiger partial charge on any atom is -0.444 e. The Morgan fingerprint density at radius 1 is 1.11 bits per heavy atom. The molecule has 3 aromatic rings. The summed E-state index contributed by atoms with van der Waals surface area (Å²) in [4.78, 5) is 35.0. The van der Waals surface area contributed by atoms with Crippen molar-refractivity contribution in [2.75, 3.05) is 5.32 Å². The van der Waals surface area contributed by atoms with Gasteiger partial charge in [0.25, 0.3) is 5.69 Å². The normalized spacial score (nSPS) is 17.0. The van der Waals surface area contributed by atoms with Crippen molar-refractivity contribution >= 4 is 23.8 Å². The van der Waals surface area contributed by atoms with Crippen LogP contribution in [0, 0.1) is 10.1 Å². The van der Waals surface area contributed by atoms with Crippen LogP contribution in [0.4, 0.5) is 21.1 Å². The molecule has 1 aliphatic carbocycles. The zero-order valence-electron chi connectivity index (χ0n) is 21.5. The Labute approximate surface area is 219 Å². The maximum atomic E-state index is 12.5. The molecule has 1 aromatic heterocycles. The number of aromatic nitrogens is 2. The first-order valence-electron chi connectivity index (χ1n) is 12.3. The molecule has 1 heterocycles. The summed E-state index contributed by atoms with van der Waals surface area (Å²) < 4.78 is 17.7. The predicted molar refractivity (Wildman–Crippen MR) is 138 cm³/mol. The Morgan fingerprint density at radius 2 is 1.82 bits per heavy atom. The summed E-state index contributed by atoms with van der Waals surface area (Å²) in [6, 6.07) is 16.4. The summed E-state index contributed by atoms with van der Waals surface area (Å²) in [6.45, 7) is 6.11. The maximum absolute atomic E-state index is 12.5. The molecule has 11 nitrogen and oxygen atoms in total. The molecule has 2 aromatic carbocycles. The fourth-order valence-electron chi connectivity index (χ4n) is 4.27. The van der Waals surface area contributed by atoms with E-state index in [1.54, 1.807) is 4.68 Å². The fraction of sp³-hybridized carbons (Fsp3) is 0.370. The molecule has 0 spiro atoms. The SMILES string of the molecule is CC(C)(C)n1nc([C@H]2CC[C@H](OC(=O)Oc3ccc([N+](=O)[O-])cc3)C2)cc1NC(=O)OCc1ccccc1. The number of ether oxygens (including phenoxy) is 3. The molecule has 1 aliphatic rings. The van der Waals surface area contributed by atoms with Crippen molar-refractivity contribution in [3.05, 3.63) is 82.0 Å². The van der Waals surface area contributed by atoms with E-state index in [0.29, 0.717) is 18.7 Å². The van der Waals surface area contributed by atoms with Crippen LogP contribution in [0.5, 0.6) is 5.75 Å². The van der Waals surface area contributed by atoms with Gasteiger partial charge in [-0.2, -0.15) is 5.10 Å². The molecule has 0 bridgehead atoms. The van der Waals surface area contributed by atoms with Gasteiger partial charge < -0.3 is 14.2 Å². The fourth-order valence-corrected chi connectivity index (χ4v) is 4.27. The van der Waals surface area contributed by atoms with Crippen LogP contribution in [-0.4, -0.2) is 33.1 Å². The quantitative estimate of drug-likeness (QED) is 0.169. The predicted octanol–water partition coefficient (Wildman–Crippen LogP) is 6.15. The van der Waals surface area contributed by atoms with E-state index in [0.717, 1.165) is 17.7 Å². The number of nitrogens with one attached hydrogen (secondary N) is 1. The van der Waals surface area contributed by atoms with Crippen molar-refractivity contribution in [1.82, 2.24) is 9.78 Å². The minimum absolute atomic E-state index is 0.0247. The van der Waals surface area contributed by atoms with Crippen LogP contribution in [0.15, 0.2) is 60.7 Å². The van der Waals surface area contributed by atoms with E-state index >= 15 is 0 Å². The van der Waals surface area contributed by atoms with Crippen molar-refractivity contribution < 1.29 is 28.7 Å². The largest absolute Gasteiger partial charge is 0.514 e. The molecular formula is C27H30N4O7. The molecule has 2 atom stereocenters. The molecule has 38 heavy (non-hydrogen) atoms. The second kappa shape index (κ2) is 11.3. The average Bonchev–Trinajstić information content (AvgIpc) is 3.51. The Kier molecular flexibility index (Phi) is 7.94. The number of amides is 1. The van der Waals surface area contributed by atoms with E-state index in [4.69, 9.17) is 19.3 Å². The van der Waals surface area contributed by atoms with Crippen molar-refractivity contribution in [1.29, 1.82) is 0 Å². The van der Waals surface area contributed by atoms with Crippen molar-refractivity contribution in [2.24, 2.45) is 0 Å². The highest BCUT2D eigenvalue weighted by Gasteiger charge is 2.33. The second-order valence-electron chi connectivity index (χ2n) is 10.1. The molecular weight excluding hydrogens is 492 g/mol. The van der Waals surface area contributed by atoms with Gasteiger partial charge in [0, 0.05) is 24.1 Å². The van der Waals surface area contributed by atoms with Crippen LogP contribution in [0.2, 0.25) is 0 Å². The van der Waals surface area contributed by atoms with Crippen molar-refractivity contribution in [3.63, 3.8) is 0 Å². The molecule has 4 rings (SSSR count). The lowest BCUT2D eigenvalue weighted by molar-refractivity contribution is -0.384. The van der Waals surface area contributed by atoms with Gasteiger partial charge in [-0.1, -0.05) is 30.3 Å². The molecule has 11 heteroatoms. The highest BCUT2D eigenvalue weighted by Crippen LogP contribution is 2.37. The molecule has 0 radical (unpaired) electrons. The third-order valence-electron chi connectivity index (χ3n) is 6.12. The number of nitrogens with zero attached hydrogens (tertiary/aromatic N) is 3. The van der Waals surface area contributed by atoms with E-state index in [2.05, 4.69) is 5.32 Å². The zero-order chi connectivity index (χ0) is 27.3. The minimum atomic E-state index is -0.867. The first-order valence-corrected chi connectivity index (χ1v) is 12.3. The average molecular weight is 523 g/mol. The van der Waals surface area contributed by atoms with E-state index in [-0.39, 0.29) is 30.1 Å². The standard InChI is InChI=1S/C27H30N4O7/c1-27(2,3)30-24(28-25(32)36-17-18-7-5-4-6-8-18)16-23(29-30)19-9-12-22(15-19)38-26(33)37-21-13-10-20(11-14-21)31(34)35/h4-8,10-11,13-14,16,19,22H,9,12,15,17H2,1-3H3,(H,28,32)/t19-,22-/m0/s1. The lowest BCUT2D eigenvalue weighted by Gasteiger charge is -2.22. The first-order chi connectivity index (χ1) is 18.1. The molecule has 200 valence electrons. The monoisotopic (exact) mass is 522 g/mol. The van der Waals surface area contributed by atoms with E-state index in [1.807, 2.05) is 57.2 Å². The topological polar surface area (TPSA) is 135 Å². The number of rotatable bonds is 7. The van der Waals surface area contributed by atoms with Crippen LogP contribution < -0.4 is 10.1 Å². The first kappa shape index (κ1) is 26.6. The van der Waals surface area contributed by atoms with Gasteiger partial charge >= 0.3 is 12.2 Å². The highest BCUT2D eigenvalue weighted by molar-refractivity contribution is 5.83. The number of anilines is 1. The van der Waals surface area contributed by atoms with Crippen LogP contribution in [0.25, 0.3) is 0 Å². The Morgan fingerprint density at radius 3 is 2.47 bits per heavy atom. The summed E-state index contributed by atoms with van der Waals surface area (Å²) in [5, 5.41) is 18.3. The van der Waals surface area contributed by atoms with Crippen LogP contribution in [0.3, 0.4) is 0 Å². The molecule has 1 saturated carbocycles. The van der Waals surface area contributed by atoms with Gasteiger partial charge in [0.2, 0.25) is 0 Å². The Bertz CT molecular complexity index is 1280. The third-order valence-corrected chi connectivity index (χ3v) is 6.12. The number of non-ortho nitro benzene ring substituents is 1. The molecule has 0 unspecified atom stereocenters. The molecule has 0 saturated heterocycles. The molecule has 1 amide bonds. The second-order valence-corrected chi connectivity index (χ2v) is 10.1. The Balaban J connectivity index is 1.35. The number of carbonyl (C=O) groups is 2. The zero-order valence-corrected chi connectivity index (χ0v) is 21.5. The van der Waals surface area contributed by atoms with E-state index < -0.39 is 22.7 Å². The van der Waals surface area contributed by atoms with Gasteiger partial charge in [-0.15, -0.1) is 0 Å². The summed E-state index contributed by atoms with van der Waals surface area (Å²) in [7, 11) is 0. The van der Waals surface area contributed by atoms with Crippen LogP contribution >= 0.6 is 0 Å². The molecule has 0 aliphatic heterocycles. The number of carbonyl (C=O) groups excluding carboxylic acids is 2. The smallest absolute Gasteiger partial charge is 0.444 e. The lowest BCUT2D eigenvalue weighted by atomic mass is 10.0. The van der Waals surface area contributed by atoms with Gasteiger partial charge in [-0.05, 0) is 57.7 Å². The third kappa shape index (κ3) is 6.87. The summed E-state index contributed by atoms with van der Waals surface area (Å²) >= 11 is 0. The van der Waals surface area contributed by atoms with Crippen LogP contribution in [0.1, 0.15) is 57.2 Å². The number of nitro groups is 1. The van der Waals surface area contributed by atoms with Crippen LogP contribution in [-0.2, 0) is 21.6 Å². The van der Waals surface area contributed by atoms with E-state index in [1.165, 1.54) is 24.3 Å². The van der Waals surface area contributed by atoms with E-state index in [9.17, 15) is 19.7 Å².